The first-order valence-electron chi connectivity index (χ1n) is 4.47. The normalized spacial score (nSPS) is 12.7. The Hall–Kier alpha value is -1.19. The summed E-state index contributed by atoms with van der Waals surface area (Å²) >= 11 is 1.67. The van der Waals surface area contributed by atoms with Crippen molar-refractivity contribution >= 4 is 11.3 Å². The molecule has 1 unspecified atom stereocenters. The van der Waals surface area contributed by atoms with Crippen LogP contribution in [0.2, 0.25) is 0 Å². The summed E-state index contributed by atoms with van der Waals surface area (Å²) in [5, 5.41) is 4.14. The number of rotatable bonds is 2. The van der Waals surface area contributed by atoms with Crippen LogP contribution in [0, 0.1) is 6.92 Å². The van der Waals surface area contributed by atoms with E-state index in [1.165, 1.54) is 5.56 Å². The molecule has 2 aromatic rings. The minimum absolute atomic E-state index is 0.0238. The predicted octanol–water partition coefficient (Wildman–Crippen LogP) is 2.50. The quantitative estimate of drug-likeness (QED) is 0.816. The number of hydrogen-bond acceptors (Lipinski definition) is 3. The molecule has 3 heteroatoms. The van der Waals surface area contributed by atoms with Crippen LogP contribution < -0.4 is 5.73 Å². The summed E-state index contributed by atoms with van der Waals surface area (Å²) in [7, 11) is 0. The van der Waals surface area contributed by atoms with Crippen LogP contribution in [0.25, 0.3) is 0 Å². The Morgan fingerprint density at radius 2 is 2.29 bits per heavy atom. The van der Waals surface area contributed by atoms with Crippen molar-refractivity contribution in [2.45, 2.75) is 13.0 Å². The summed E-state index contributed by atoms with van der Waals surface area (Å²) in [6.45, 7) is 2.04. The molecule has 2 aromatic heterocycles. The van der Waals surface area contributed by atoms with E-state index in [9.17, 15) is 0 Å². The third-order valence-electron chi connectivity index (χ3n) is 2.30. The maximum absolute atomic E-state index is 6.14. The molecule has 0 fully saturated rings. The Morgan fingerprint density at radius 3 is 2.93 bits per heavy atom. The van der Waals surface area contributed by atoms with Gasteiger partial charge in [-0.15, -0.1) is 0 Å². The van der Waals surface area contributed by atoms with Crippen LogP contribution in [0.3, 0.4) is 0 Å². The minimum atomic E-state index is -0.0238. The van der Waals surface area contributed by atoms with Crippen molar-refractivity contribution < 1.29 is 0 Å². The van der Waals surface area contributed by atoms with E-state index in [1.54, 1.807) is 17.5 Å². The number of pyridine rings is 1. The predicted molar refractivity (Wildman–Crippen MR) is 59.3 cm³/mol. The van der Waals surface area contributed by atoms with Gasteiger partial charge in [0.2, 0.25) is 0 Å². The van der Waals surface area contributed by atoms with Crippen molar-refractivity contribution in [2.75, 3.05) is 0 Å². The van der Waals surface area contributed by atoms with Gasteiger partial charge in [0.25, 0.3) is 0 Å². The van der Waals surface area contributed by atoms with Crippen LogP contribution in [0.5, 0.6) is 0 Å². The average molecular weight is 204 g/mol. The average Bonchev–Trinajstić information content (AvgIpc) is 2.70. The third kappa shape index (κ3) is 1.69. The molecule has 14 heavy (non-hydrogen) atoms. The van der Waals surface area contributed by atoms with Crippen molar-refractivity contribution in [3.05, 3.63) is 52.0 Å². The SMILES string of the molecule is Cc1cnccc1C(N)c1ccsc1. The Morgan fingerprint density at radius 1 is 1.43 bits per heavy atom. The Kier molecular flexibility index (Phi) is 2.61. The summed E-state index contributed by atoms with van der Waals surface area (Å²) in [6.07, 6.45) is 3.64. The van der Waals surface area contributed by atoms with Gasteiger partial charge in [-0.25, -0.2) is 0 Å². The highest BCUT2D eigenvalue weighted by Gasteiger charge is 2.10. The van der Waals surface area contributed by atoms with Gasteiger partial charge in [0.15, 0.2) is 0 Å². The van der Waals surface area contributed by atoms with E-state index in [0.29, 0.717) is 0 Å². The first kappa shape index (κ1) is 9.37. The molecule has 72 valence electrons. The zero-order valence-corrected chi connectivity index (χ0v) is 8.79. The van der Waals surface area contributed by atoms with Crippen LogP contribution >= 0.6 is 11.3 Å². The molecule has 2 heterocycles. The van der Waals surface area contributed by atoms with Gasteiger partial charge in [-0.3, -0.25) is 4.98 Å². The van der Waals surface area contributed by atoms with Crippen LogP contribution in [-0.2, 0) is 0 Å². The van der Waals surface area contributed by atoms with Crippen LogP contribution in [0.4, 0.5) is 0 Å². The lowest BCUT2D eigenvalue weighted by atomic mass is 10.00. The van der Waals surface area contributed by atoms with Gasteiger partial charge < -0.3 is 5.73 Å². The van der Waals surface area contributed by atoms with Crippen molar-refractivity contribution in [2.24, 2.45) is 5.73 Å². The first-order valence-corrected chi connectivity index (χ1v) is 5.41. The zero-order valence-electron chi connectivity index (χ0n) is 7.97. The van der Waals surface area contributed by atoms with Gasteiger partial charge >= 0.3 is 0 Å². The van der Waals surface area contributed by atoms with Crippen molar-refractivity contribution in [3.8, 4) is 0 Å². The maximum Gasteiger partial charge on any atom is 0.0563 e. The molecule has 0 spiro atoms. The van der Waals surface area contributed by atoms with Gasteiger partial charge in [-0.1, -0.05) is 0 Å². The van der Waals surface area contributed by atoms with Gasteiger partial charge in [0.1, 0.15) is 0 Å². The summed E-state index contributed by atoms with van der Waals surface area (Å²) in [5.41, 5.74) is 9.61. The molecule has 0 aliphatic rings. The van der Waals surface area contributed by atoms with E-state index in [4.69, 9.17) is 5.73 Å². The summed E-state index contributed by atoms with van der Waals surface area (Å²) < 4.78 is 0. The summed E-state index contributed by atoms with van der Waals surface area (Å²) in [6, 6.07) is 4.02. The summed E-state index contributed by atoms with van der Waals surface area (Å²) in [5.74, 6) is 0. The van der Waals surface area contributed by atoms with Gasteiger partial charge in [0, 0.05) is 12.4 Å². The standard InChI is InChI=1S/C11H12N2S/c1-8-6-13-4-2-10(8)11(12)9-3-5-14-7-9/h2-7,11H,12H2,1H3. The fourth-order valence-electron chi connectivity index (χ4n) is 1.46. The highest BCUT2D eigenvalue weighted by Crippen LogP contribution is 2.23. The third-order valence-corrected chi connectivity index (χ3v) is 3.00. The van der Waals surface area contributed by atoms with E-state index in [1.807, 2.05) is 24.6 Å². The second kappa shape index (κ2) is 3.90. The lowest BCUT2D eigenvalue weighted by molar-refractivity contribution is 0.862. The Bertz CT molecular complexity index is 409. The molecular weight excluding hydrogens is 192 g/mol. The fraction of sp³-hybridized carbons (Fsp3) is 0.182. The topological polar surface area (TPSA) is 38.9 Å². The molecule has 2 nitrogen and oxygen atoms in total. The van der Waals surface area contributed by atoms with Crippen LogP contribution in [0.1, 0.15) is 22.7 Å². The number of nitrogens with two attached hydrogens (primary N) is 1. The number of aryl methyl sites for hydroxylation is 1. The first-order chi connectivity index (χ1) is 6.79. The summed E-state index contributed by atoms with van der Waals surface area (Å²) in [4.78, 5) is 4.06. The smallest absolute Gasteiger partial charge is 0.0563 e. The molecule has 2 rings (SSSR count). The largest absolute Gasteiger partial charge is 0.320 e. The highest BCUT2D eigenvalue weighted by molar-refractivity contribution is 7.08. The number of hydrogen-bond donors (Lipinski definition) is 1. The highest BCUT2D eigenvalue weighted by atomic mass is 32.1. The maximum atomic E-state index is 6.14. The molecular formula is C11H12N2S. The van der Waals surface area contributed by atoms with Gasteiger partial charge in [-0.2, -0.15) is 11.3 Å². The van der Waals surface area contributed by atoms with Crippen LogP contribution in [-0.4, -0.2) is 4.98 Å². The molecule has 0 saturated carbocycles. The molecule has 0 saturated heterocycles. The van der Waals surface area contributed by atoms with E-state index in [0.717, 1.165) is 11.1 Å². The Balaban J connectivity index is 2.37. The molecule has 2 N–H and O–H groups in total. The molecule has 0 radical (unpaired) electrons. The van der Waals surface area contributed by atoms with Crippen molar-refractivity contribution in [3.63, 3.8) is 0 Å². The van der Waals surface area contributed by atoms with E-state index < -0.39 is 0 Å². The number of nitrogens with zero attached hydrogens (tertiary/aromatic N) is 1. The van der Waals surface area contributed by atoms with E-state index in [-0.39, 0.29) is 6.04 Å². The molecule has 0 bridgehead atoms. The fourth-order valence-corrected chi connectivity index (χ4v) is 2.16. The Labute approximate surface area is 87.4 Å². The van der Waals surface area contributed by atoms with Crippen molar-refractivity contribution in [1.29, 1.82) is 0 Å². The molecule has 0 amide bonds. The number of aromatic nitrogens is 1. The van der Waals surface area contributed by atoms with Crippen LogP contribution in [0.15, 0.2) is 35.3 Å². The molecule has 1 atom stereocenters. The van der Waals surface area contributed by atoms with Gasteiger partial charge in [-0.05, 0) is 46.5 Å². The second-order valence-electron chi connectivity index (χ2n) is 3.27. The minimum Gasteiger partial charge on any atom is -0.320 e. The molecule has 0 aliphatic carbocycles. The second-order valence-corrected chi connectivity index (χ2v) is 4.05. The number of thiophene rings is 1. The zero-order chi connectivity index (χ0) is 9.97. The lowest BCUT2D eigenvalue weighted by Gasteiger charge is -2.12. The van der Waals surface area contributed by atoms with Gasteiger partial charge in [0.05, 0.1) is 6.04 Å². The van der Waals surface area contributed by atoms with E-state index >= 15 is 0 Å². The molecule has 0 aliphatic heterocycles. The lowest BCUT2D eigenvalue weighted by Crippen LogP contribution is -2.12. The monoisotopic (exact) mass is 204 g/mol. The van der Waals surface area contributed by atoms with E-state index in [2.05, 4.69) is 16.4 Å². The van der Waals surface area contributed by atoms with Crippen molar-refractivity contribution in [1.82, 2.24) is 4.98 Å². The molecule has 0 aromatic carbocycles.